The number of phenols is 1. The molecule has 5 aliphatic rings. The molecule has 2 fully saturated rings. The molecule has 4 N–H and O–H groups in total. The summed E-state index contributed by atoms with van der Waals surface area (Å²) >= 11 is 0. The summed E-state index contributed by atoms with van der Waals surface area (Å²) < 4.78 is 0. The van der Waals surface area contributed by atoms with Gasteiger partial charge in [0.25, 0.3) is 0 Å². The van der Waals surface area contributed by atoms with Crippen LogP contribution in [0.15, 0.2) is 41.2 Å². The van der Waals surface area contributed by atoms with E-state index in [9.17, 15) is 34.8 Å². The second kappa shape index (κ2) is 10.5. The Bertz CT molecular complexity index is 1650. The van der Waals surface area contributed by atoms with Crippen LogP contribution in [0.25, 0.3) is 11.3 Å². The second-order valence-electron chi connectivity index (χ2n) is 15.4. The highest BCUT2D eigenvalue weighted by Gasteiger charge is 2.72. The Kier molecular flexibility index (Phi) is 7.39. The van der Waals surface area contributed by atoms with E-state index in [1.165, 1.54) is 0 Å². The fourth-order valence-corrected chi connectivity index (χ4v) is 9.76. The molecule has 5 aliphatic carbocycles. The Morgan fingerprint density at radius 3 is 2.31 bits per heavy atom. The van der Waals surface area contributed by atoms with Gasteiger partial charge in [-0.05, 0) is 91.5 Å². The first-order valence-electron chi connectivity index (χ1n) is 16.5. The van der Waals surface area contributed by atoms with Crippen molar-refractivity contribution in [1.29, 1.82) is 0 Å². The monoisotopic (exact) mass is 614 g/mol. The smallest absolute Gasteiger partial charge is 0.203 e. The van der Waals surface area contributed by atoms with Crippen molar-refractivity contribution in [2.75, 3.05) is 0 Å². The van der Waals surface area contributed by atoms with E-state index in [0.29, 0.717) is 18.3 Å². The number of aromatic hydroxyl groups is 1. The first kappa shape index (κ1) is 31.5. The number of benzene rings is 1. The van der Waals surface area contributed by atoms with Crippen LogP contribution in [0.5, 0.6) is 5.75 Å². The van der Waals surface area contributed by atoms with Crippen molar-refractivity contribution in [3.63, 3.8) is 0 Å². The molecule has 4 atom stereocenters. The Balaban J connectivity index is 1.59. The third-order valence-electron chi connectivity index (χ3n) is 11.8. The number of carbonyl (C=O) groups is 3. The number of hydrogen-bond donors (Lipinski definition) is 4. The zero-order valence-electron chi connectivity index (χ0n) is 27.3. The number of fused-ring (bicyclic) bond motifs is 3. The first-order chi connectivity index (χ1) is 21.1. The number of rotatable bonds is 5. The van der Waals surface area contributed by atoms with Crippen LogP contribution in [-0.2, 0) is 27.2 Å². The van der Waals surface area contributed by atoms with Gasteiger partial charge in [-0.3, -0.25) is 14.4 Å². The van der Waals surface area contributed by atoms with E-state index in [2.05, 4.69) is 19.1 Å². The number of ketones is 3. The minimum atomic E-state index is -2.61. The summed E-state index contributed by atoms with van der Waals surface area (Å²) in [4.78, 5) is 41.1. The molecule has 0 heterocycles. The largest absolute Gasteiger partial charge is 0.508 e. The van der Waals surface area contributed by atoms with Gasteiger partial charge < -0.3 is 20.4 Å². The molecule has 0 bridgehead atoms. The molecule has 7 heteroatoms. The van der Waals surface area contributed by atoms with Gasteiger partial charge >= 0.3 is 0 Å². The summed E-state index contributed by atoms with van der Waals surface area (Å²) in [5.41, 5.74) is -2.22. The van der Waals surface area contributed by atoms with Crippen LogP contribution in [0.3, 0.4) is 0 Å². The number of carbonyl (C=O) groups excluding carboxylic acids is 3. The van der Waals surface area contributed by atoms with Gasteiger partial charge in [-0.1, -0.05) is 65.7 Å². The number of allylic oxidation sites excluding steroid dienone is 5. The zero-order valence-corrected chi connectivity index (χ0v) is 27.3. The molecule has 0 spiro atoms. The highest BCUT2D eigenvalue weighted by atomic mass is 16.3. The van der Waals surface area contributed by atoms with E-state index in [1.807, 2.05) is 32.9 Å². The molecule has 45 heavy (non-hydrogen) atoms. The maximum absolute atomic E-state index is 14.7. The van der Waals surface area contributed by atoms with Gasteiger partial charge in [-0.2, -0.15) is 0 Å². The van der Waals surface area contributed by atoms with E-state index in [0.717, 1.165) is 61.3 Å². The predicted octanol–water partition coefficient (Wildman–Crippen LogP) is 6.90. The molecule has 1 unspecified atom stereocenters. The van der Waals surface area contributed by atoms with Gasteiger partial charge in [0, 0.05) is 22.3 Å². The summed E-state index contributed by atoms with van der Waals surface area (Å²) in [6.07, 6.45) is 12.4. The van der Waals surface area contributed by atoms with E-state index in [1.54, 1.807) is 6.92 Å². The van der Waals surface area contributed by atoms with E-state index in [4.69, 9.17) is 0 Å². The van der Waals surface area contributed by atoms with Crippen molar-refractivity contribution in [1.82, 2.24) is 0 Å². The average Bonchev–Trinajstić information content (AvgIpc) is 3.48. The third kappa shape index (κ3) is 4.36. The molecule has 7 nitrogen and oxygen atoms in total. The minimum absolute atomic E-state index is 0.0572. The quantitative estimate of drug-likeness (QED) is 0.265. The summed E-state index contributed by atoms with van der Waals surface area (Å²) in [6.45, 7) is 10.5. The van der Waals surface area contributed by atoms with E-state index < -0.39 is 56.8 Å². The van der Waals surface area contributed by atoms with Crippen LogP contribution in [-0.4, -0.2) is 43.4 Å². The van der Waals surface area contributed by atoms with E-state index in [-0.39, 0.29) is 35.6 Å². The van der Waals surface area contributed by atoms with Crippen LogP contribution >= 0.6 is 0 Å². The van der Waals surface area contributed by atoms with Gasteiger partial charge in [-0.15, -0.1) is 0 Å². The van der Waals surface area contributed by atoms with Crippen LogP contribution < -0.4 is 0 Å². The standard InChI is InChI=1S/C38H46O7/c1-19(2)29-32(41)27(21(4)39)34(43)38(45)35(44)30-33(42)28-26(17-36(30,5)18-37(29,38)6)25(23-9-7-8-10-23)16-24(31(28)40)15-22-13-11-20(3)12-14-22/h7,9-10,16,19-20,22,29,40,42-43,45H,8,11-15,17-18H2,1-6H3/t20?,22?,29?,36-,37-,38+/m1/s1. The van der Waals surface area contributed by atoms with Gasteiger partial charge in [0.15, 0.2) is 17.2 Å². The van der Waals surface area contributed by atoms with Gasteiger partial charge in [0.2, 0.25) is 5.78 Å². The number of aliphatic hydroxyl groups is 3. The maximum Gasteiger partial charge on any atom is 0.203 e. The van der Waals surface area contributed by atoms with Crippen LogP contribution in [0.1, 0.15) is 102 Å². The molecule has 0 aromatic heterocycles. The van der Waals surface area contributed by atoms with Crippen LogP contribution in [0, 0.1) is 34.5 Å². The SMILES string of the molecule is CC(=O)C1=C(O)[C@]2(O)C(=O)C3=C(O)c4c(O)c(CC5CCC(C)CC5)cc(C5=CCC=C5)c4C[C@]3(C)C[C@]2(C)C(C(C)C)C1=O. The lowest BCUT2D eigenvalue weighted by Crippen LogP contribution is -2.69. The van der Waals surface area contributed by atoms with Crippen molar-refractivity contribution in [2.24, 2.45) is 34.5 Å². The maximum atomic E-state index is 14.7. The fourth-order valence-electron chi connectivity index (χ4n) is 9.76. The molecular formula is C38H46O7. The molecule has 0 saturated heterocycles. The topological polar surface area (TPSA) is 132 Å². The van der Waals surface area contributed by atoms with Gasteiger partial charge in [0.1, 0.15) is 22.8 Å². The summed E-state index contributed by atoms with van der Waals surface area (Å²) in [5.74, 6) is -3.85. The van der Waals surface area contributed by atoms with Crippen molar-refractivity contribution >= 4 is 28.7 Å². The van der Waals surface area contributed by atoms with Crippen molar-refractivity contribution in [2.45, 2.75) is 98.5 Å². The minimum Gasteiger partial charge on any atom is -0.508 e. The summed E-state index contributed by atoms with van der Waals surface area (Å²) in [5, 5.41) is 47.7. The fraction of sp³-hybridized carbons (Fsp3) is 0.553. The normalized spacial score (nSPS) is 34.6. The lowest BCUT2D eigenvalue weighted by molar-refractivity contribution is -0.178. The van der Waals surface area contributed by atoms with Gasteiger partial charge in [0.05, 0.1) is 5.56 Å². The Hall–Kier alpha value is -3.45. The van der Waals surface area contributed by atoms with Crippen molar-refractivity contribution in [3.05, 3.63) is 63.5 Å². The Labute approximate surface area is 265 Å². The average molecular weight is 615 g/mol. The summed E-state index contributed by atoms with van der Waals surface area (Å²) in [7, 11) is 0. The molecule has 0 amide bonds. The molecule has 0 radical (unpaired) electrons. The predicted molar refractivity (Wildman–Crippen MR) is 172 cm³/mol. The first-order valence-corrected chi connectivity index (χ1v) is 16.5. The van der Waals surface area contributed by atoms with Crippen LogP contribution in [0.4, 0.5) is 0 Å². The van der Waals surface area contributed by atoms with Gasteiger partial charge in [-0.25, -0.2) is 0 Å². The molecule has 2 saturated carbocycles. The lowest BCUT2D eigenvalue weighted by Gasteiger charge is -2.59. The number of aliphatic hydroxyl groups excluding tert-OH is 2. The molecule has 6 rings (SSSR count). The number of hydrogen-bond acceptors (Lipinski definition) is 7. The Morgan fingerprint density at radius 1 is 1.07 bits per heavy atom. The number of Topliss-reactive ketones (excluding diaryl/α,β-unsaturated/α-hetero) is 3. The molecule has 0 aliphatic heterocycles. The molecule has 1 aromatic rings. The third-order valence-corrected chi connectivity index (χ3v) is 11.8. The highest BCUT2D eigenvalue weighted by Crippen LogP contribution is 2.65. The van der Waals surface area contributed by atoms with E-state index >= 15 is 0 Å². The highest BCUT2D eigenvalue weighted by molar-refractivity contribution is 6.24. The van der Waals surface area contributed by atoms with Crippen molar-refractivity contribution < 1.29 is 34.8 Å². The molecular weight excluding hydrogens is 568 g/mol. The van der Waals surface area contributed by atoms with Crippen molar-refractivity contribution in [3.8, 4) is 5.75 Å². The second-order valence-corrected chi connectivity index (χ2v) is 15.4. The molecule has 1 aromatic carbocycles. The Morgan fingerprint density at radius 2 is 1.73 bits per heavy atom. The lowest BCUT2D eigenvalue weighted by atomic mass is 9.43. The van der Waals surface area contributed by atoms with Crippen LogP contribution in [0.2, 0.25) is 0 Å². The molecule has 240 valence electrons. The number of phenolic OH excluding ortho intramolecular Hbond substituents is 1. The zero-order chi connectivity index (χ0) is 32.8. The summed E-state index contributed by atoms with van der Waals surface area (Å²) in [6, 6.07) is 2.05.